The number of benzene rings is 1. The topological polar surface area (TPSA) is 36.4 Å². The molecule has 1 N–H and O–H groups in total. The SMILES string of the molecule is CN(Cc1ccc(Cl)nc1Cl)CC(O)c1ccccc1. The quantitative estimate of drug-likeness (QED) is 0.858. The summed E-state index contributed by atoms with van der Waals surface area (Å²) in [7, 11) is 1.93. The van der Waals surface area contributed by atoms with E-state index in [0.29, 0.717) is 23.4 Å². The molecule has 0 bridgehead atoms. The van der Waals surface area contributed by atoms with Gasteiger partial charge in [-0.2, -0.15) is 0 Å². The fraction of sp³-hybridized carbons (Fsp3) is 0.267. The first-order valence-corrected chi connectivity index (χ1v) is 7.04. The van der Waals surface area contributed by atoms with Crippen LogP contribution in [0, 0.1) is 0 Å². The van der Waals surface area contributed by atoms with Crippen LogP contribution in [-0.4, -0.2) is 28.6 Å². The zero-order valence-electron chi connectivity index (χ0n) is 11.1. The minimum atomic E-state index is -0.528. The average molecular weight is 311 g/mol. The smallest absolute Gasteiger partial charge is 0.135 e. The van der Waals surface area contributed by atoms with Crippen LogP contribution in [0.15, 0.2) is 42.5 Å². The summed E-state index contributed by atoms with van der Waals surface area (Å²) in [6.45, 7) is 1.12. The predicted molar refractivity (Wildman–Crippen MR) is 82.0 cm³/mol. The van der Waals surface area contributed by atoms with E-state index in [-0.39, 0.29) is 0 Å². The highest BCUT2D eigenvalue weighted by Gasteiger charge is 2.12. The zero-order chi connectivity index (χ0) is 14.5. The van der Waals surface area contributed by atoms with Gasteiger partial charge < -0.3 is 5.11 Å². The van der Waals surface area contributed by atoms with Gasteiger partial charge in [-0.05, 0) is 18.7 Å². The van der Waals surface area contributed by atoms with Gasteiger partial charge in [0.15, 0.2) is 0 Å². The predicted octanol–water partition coefficient (Wildman–Crippen LogP) is 3.55. The summed E-state index contributed by atoms with van der Waals surface area (Å²) >= 11 is 11.8. The van der Waals surface area contributed by atoms with E-state index in [9.17, 15) is 5.11 Å². The number of hydrogen-bond acceptors (Lipinski definition) is 3. The first kappa shape index (κ1) is 15.3. The Labute approximate surface area is 128 Å². The number of aliphatic hydroxyl groups is 1. The van der Waals surface area contributed by atoms with Gasteiger partial charge in [-0.15, -0.1) is 0 Å². The van der Waals surface area contributed by atoms with Crippen molar-refractivity contribution in [3.8, 4) is 0 Å². The third-order valence-electron chi connectivity index (χ3n) is 3.00. The second-order valence-electron chi connectivity index (χ2n) is 4.71. The molecule has 2 aromatic rings. The largest absolute Gasteiger partial charge is 0.387 e. The molecule has 0 aliphatic rings. The summed E-state index contributed by atoms with van der Waals surface area (Å²) in [5.74, 6) is 0. The summed E-state index contributed by atoms with van der Waals surface area (Å²) in [6, 6.07) is 13.1. The molecule has 0 amide bonds. The van der Waals surface area contributed by atoms with Gasteiger partial charge in [0.1, 0.15) is 10.3 Å². The van der Waals surface area contributed by atoms with Crippen LogP contribution in [-0.2, 0) is 6.54 Å². The lowest BCUT2D eigenvalue weighted by molar-refractivity contribution is 0.124. The van der Waals surface area contributed by atoms with Crippen molar-refractivity contribution in [3.63, 3.8) is 0 Å². The summed E-state index contributed by atoms with van der Waals surface area (Å²) in [5, 5.41) is 11.0. The molecule has 106 valence electrons. The fourth-order valence-electron chi connectivity index (χ4n) is 1.99. The molecule has 3 nitrogen and oxygen atoms in total. The van der Waals surface area contributed by atoms with Crippen LogP contribution in [0.5, 0.6) is 0 Å². The number of aromatic nitrogens is 1. The van der Waals surface area contributed by atoms with Crippen LogP contribution in [0.25, 0.3) is 0 Å². The van der Waals surface area contributed by atoms with E-state index in [2.05, 4.69) is 4.98 Å². The highest BCUT2D eigenvalue weighted by Crippen LogP contribution is 2.19. The van der Waals surface area contributed by atoms with E-state index >= 15 is 0 Å². The number of nitrogens with zero attached hydrogens (tertiary/aromatic N) is 2. The molecular formula is C15H16Cl2N2O. The number of hydrogen-bond donors (Lipinski definition) is 1. The zero-order valence-corrected chi connectivity index (χ0v) is 12.6. The Morgan fingerprint density at radius 2 is 1.85 bits per heavy atom. The maximum Gasteiger partial charge on any atom is 0.135 e. The molecule has 0 saturated heterocycles. The number of rotatable bonds is 5. The van der Waals surface area contributed by atoms with Gasteiger partial charge in [-0.1, -0.05) is 59.6 Å². The van der Waals surface area contributed by atoms with Crippen molar-refractivity contribution in [2.75, 3.05) is 13.6 Å². The van der Waals surface area contributed by atoms with Gasteiger partial charge in [-0.3, -0.25) is 4.90 Å². The van der Waals surface area contributed by atoms with Crippen molar-refractivity contribution in [2.24, 2.45) is 0 Å². The van der Waals surface area contributed by atoms with Crippen LogP contribution in [0.2, 0.25) is 10.3 Å². The maximum atomic E-state index is 10.2. The molecule has 2 rings (SSSR count). The molecule has 0 spiro atoms. The third-order valence-corrected chi connectivity index (χ3v) is 3.54. The molecule has 1 heterocycles. The Balaban J connectivity index is 1.97. The molecule has 0 aliphatic heterocycles. The molecule has 0 radical (unpaired) electrons. The van der Waals surface area contributed by atoms with Crippen molar-refractivity contribution in [1.29, 1.82) is 0 Å². The van der Waals surface area contributed by atoms with E-state index in [1.807, 2.05) is 48.3 Å². The first-order valence-electron chi connectivity index (χ1n) is 6.28. The minimum Gasteiger partial charge on any atom is -0.387 e. The van der Waals surface area contributed by atoms with Crippen molar-refractivity contribution in [2.45, 2.75) is 12.6 Å². The molecule has 20 heavy (non-hydrogen) atoms. The fourth-order valence-corrected chi connectivity index (χ4v) is 2.39. The number of likely N-dealkylation sites (N-methyl/N-ethyl adjacent to an activating group) is 1. The van der Waals surface area contributed by atoms with Crippen molar-refractivity contribution < 1.29 is 5.11 Å². The van der Waals surface area contributed by atoms with Gasteiger partial charge in [0.25, 0.3) is 0 Å². The van der Waals surface area contributed by atoms with E-state index in [1.54, 1.807) is 6.07 Å². The van der Waals surface area contributed by atoms with Crippen LogP contribution < -0.4 is 0 Å². The lowest BCUT2D eigenvalue weighted by atomic mass is 10.1. The van der Waals surface area contributed by atoms with Gasteiger partial charge >= 0.3 is 0 Å². The molecule has 0 fully saturated rings. The molecule has 0 saturated carbocycles. The van der Waals surface area contributed by atoms with E-state index in [0.717, 1.165) is 11.1 Å². The van der Waals surface area contributed by atoms with Gasteiger partial charge in [0.05, 0.1) is 6.10 Å². The van der Waals surface area contributed by atoms with E-state index in [4.69, 9.17) is 23.2 Å². The van der Waals surface area contributed by atoms with Crippen LogP contribution in [0.3, 0.4) is 0 Å². The normalized spacial score (nSPS) is 12.7. The minimum absolute atomic E-state index is 0.380. The lowest BCUT2D eigenvalue weighted by Gasteiger charge is -2.21. The van der Waals surface area contributed by atoms with E-state index < -0.39 is 6.10 Å². The third kappa shape index (κ3) is 4.18. The average Bonchev–Trinajstić information content (AvgIpc) is 2.43. The van der Waals surface area contributed by atoms with Crippen LogP contribution in [0.1, 0.15) is 17.2 Å². The van der Waals surface area contributed by atoms with E-state index in [1.165, 1.54) is 0 Å². The second-order valence-corrected chi connectivity index (χ2v) is 5.45. The molecule has 1 aromatic carbocycles. The molecule has 1 aromatic heterocycles. The Hall–Kier alpha value is -1.13. The van der Waals surface area contributed by atoms with Crippen molar-refractivity contribution in [3.05, 3.63) is 63.9 Å². The van der Waals surface area contributed by atoms with Crippen LogP contribution in [0.4, 0.5) is 0 Å². The maximum absolute atomic E-state index is 10.2. The molecule has 0 aliphatic carbocycles. The summed E-state index contributed by atoms with van der Waals surface area (Å²) < 4.78 is 0. The summed E-state index contributed by atoms with van der Waals surface area (Å²) in [4.78, 5) is 6.00. The molecular weight excluding hydrogens is 295 g/mol. The van der Waals surface area contributed by atoms with Gasteiger partial charge in [0, 0.05) is 18.7 Å². The highest BCUT2D eigenvalue weighted by atomic mass is 35.5. The second kappa shape index (κ2) is 7.04. The number of pyridine rings is 1. The lowest BCUT2D eigenvalue weighted by Crippen LogP contribution is -2.24. The number of halogens is 2. The molecule has 1 atom stereocenters. The summed E-state index contributed by atoms with van der Waals surface area (Å²) in [5.41, 5.74) is 1.79. The first-order chi connectivity index (χ1) is 9.56. The monoisotopic (exact) mass is 310 g/mol. The highest BCUT2D eigenvalue weighted by molar-refractivity contribution is 6.32. The Kier molecular flexibility index (Phi) is 5.38. The van der Waals surface area contributed by atoms with Crippen LogP contribution >= 0.6 is 23.2 Å². The number of aliphatic hydroxyl groups excluding tert-OH is 1. The van der Waals surface area contributed by atoms with Crippen molar-refractivity contribution in [1.82, 2.24) is 9.88 Å². The van der Waals surface area contributed by atoms with Gasteiger partial charge in [0.2, 0.25) is 0 Å². The Morgan fingerprint density at radius 3 is 2.50 bits per heavy atom. The van der Waals surface area contributed by atoms with Crippen molar-refractivity contribution >= 4 is 23.2 Å². The molecule has 1 unspecified atom stereocenters. The van der Waals surface area contributed by atoms with Gasteiger partial charge in [-0.25, -0.2) is 4.98 Å². The molecule has 5 heteroatoms. The Bertz CT molecular complexity index is 563. The standard InChI is InChI=1S/C15H16Cl2N2O/c1-19(9-12-7-8-14(16)18-15(12)17)10-13(20)11-5-3-2-4-6-11/h2-8,13,20H,9-10H2,1H3. The summed E-state index contributed by atoms with van der Waals surface area (Å²) in [6.07, 6.45) is -0.528. The Morgan fingerprint density at radius 1 is 1.15 bits per heavy atom.